The van der Waals surface area contributed by atoms with Gasteiger partial charge in [0.2, 0.25) is 0 Å². The molecule has 1 aliphatic heterocycles. The van der Waals surface area contributed by atoms with Crippen LogP contribution in [0.25, 0.3) is 0 Å². The first-order chi connectivity index (χ1) is 9.47. The number of benzene rings is 1. The van der Waals surface area contributed by atoms with E-state index in [0.29, 0.717) is 13.0 Å². The number of carboxylic acids is 1. The SMILES string of the molecule is CCC1(C(=O)O)CCCN(Cc2ccc(Br)c(C)c2)C1. The van der Waals surface area contributed by atoms with E-state index >= 15 is 0 Å². The lowest BCUT2D eigenvalue weighted by Gasteiger charge is -2.39. The Morgan fingerprint density at radius 3 is 2.85 bits per heavy atom. The predicted octanol–water partition coefficient (Wildman–Crippen LogP) is 3.83. The molecule has 1 fully saturated rings. The molecule has 1 aromatic carbocycles. The molecule has 1 saturated heterocycles. The van der Waals surface area contributed by atoms with Crippen molar-refractivity contribution in [2.45, 2.75) is 39.7 Å². The molecule has 0 aliphatic carbocycles. The van der Waals surface area contributed by atoms with Gasteiger partial charge in [-0.2, -0.15) is 0 Å². The Labute approximate surface area is 129 Å². The number of aliphatic carboxylic acids is 1. The van der Waals surface area contributed by atoms with Crippen molar-refractivity contribution in [1.82, 2.24) is 4.90 Å². The van der Waals surface area contributed by atoms with Gasteiger partial charge in [0.25, 0.3) is 0 Å². The Kier molecular flexibility index (Phi) is 4.86. The Morgan fingerprint density at radius 2 is 2.25 bits per heavy atom. The van der Waals surface area contributed by atoms with Crippen molar-refractivity contribution in [3.05, 3.63) is 33.8 Å². The number of rotatable bonds is 4. The number of hydrogen-bond donors (Lipinski definition) is 1. The molecule has 1 aromatic rings. The Morgan fingerprint density at radius 1 is 1.50 bits per heavy atom. The highest BCUT2D eigenvalue weighted by atomic mass is 79.9. The van der Waals surface area contributed by atoms with Crippen molar-refractivity contribution in [2.75, 3.05) is 13.1 Å². The van der Waals surface area contributed by atoms with Gasteiger partial charge in [-0.15, -0.1) is 0 Å². The van der Waals surface area contributed by atoms with Crippen LogP contribution in [0.15, 0.2) is 22.7 Å². The third kappa shape index (κ3) is 3.23. The summed E-state index contributed by atoms with van der Waals surface area (Å²) in [5.74, 6) is -0.642. The minimum Gasteiger partial charge on any atom is -0.481 e. The molecule has 3 nitrogen and oxygen atoms in total. The molecule has 1 atom stereocenters. The number of carboxylic acid groups (broad SMARTS) is 1. The van der Waals surface area contributed by atoms with Crippen molar-refractivity contribution in [2.24, 2.45) is 5.41 Å². The second kappa shape index (κ2) is 6.27. The summed E-state index contributed by atoms with van der Waals surface area (Å²) in [4.78, 5) is 13.9. The maximum absolute atomic E-state index is 11.6. The predicted molar refractivity (Wildman–Crippen MR) is 83.7 cm³/mol. The third-order valence-electron chi connectivity index (χ3n) is 4.41. The van der Waals surface area contributed by atoms with Gasteiger partial charge in [0.15, 0.2) is 0 Å². The fraction of sp³-hybridized carbons (Fsp3) is 0.562. The molecule has 1 heterocycles. The van der Waals surface area contributed by atoms with E-state index in [2.05, 4.69) is 46.0 Å². The molecule has 0 spiro atoms. The van der Waals surface area contributed by atoms with E-state index in [-0.39, 0.29) is 0 Å². The van der Waals surface area contributed by atoms with Crippen molar-refractivity contribution in [3.63, 3.8) is 0 Å². The zero-order valence-electron chi connectivity index (χ0n) is 12.2. The third-order valence-corrected chi connectivity index (χ3v) is 5.30. The quantitative estimate of drug-likeness (QED) is 0.906. The van der Waals surface area contributed by atoms with Gasteiger partial charge >= 0.3 is 5.97 Å². The number of likely N-dealkylation sites (tertiary alicyclic amines) is 1. The maximum Gasteiger partial charge on any atom is 0.310 e. The monoisotopic (exact) mass is 339 g/mol. The minimum absolute atomic E-state index is 0.553. The van der Waals surface area contributed by atoms with Crippen LogP contribution in [0.3, 0.4) is 0 Å². The molecular formula is C16H22BrNO2. The summed E-state index contributed by atoms with van der Waals surface area (Å²) < 4.78 is 1.12. The summed E-state index contributed by atoms with van der Waals surface area (Å²) in [5.41, 5.74) is 1.92. The first-order valence-electron chi connectivity index (χ1n) is 7.17. The van der Waals surface area contributed by atoms with Crippen LogP contribution in [0.4, 0.5) is 0 Å². The fourth-order valence-electron chi connectivity index (χ4n) is 3.04. The molecule has 1 unspecified atom stereocenters. The molecule has 0 aromatic heterocycles. The molecule has 0 amide bonds. The van der Waals surface area contributed by atoms with Crippen molar-refractivity contribution >= 4 is 21.9 Å². The number of hydrogen-bond acceptors (Lipinski definition) is 2. The first kappa shape index (κ1) is 15.5. The standard InChI is InChI=1S/C16H22BrNO2/c1-3-16(15(19)20)7-4-8-18(11-16)10-13-5-6-14(17)12(2)9-13/h5-6,9H,3-4,7-8,10-11H2,1-2H3,(H,19,20). The van der Waals surface area contributed by atoms with Crippen molar-refractivity contribution < 1.29 is 9.90 Å². The number of halogens is 1. The molecule has 1 N–H and O–H groups in total. The molecule has 20 heavy (non-hydrogen) atoms. The average molecular weight is 340 g/mol. The topological polar surface area (TPSA) is 40.5 Å². The van der Waals surface area contributed by atoms with E-state index in [4.69, 9.17) is 0 Å². The first-order valence-corrected chi connectivity index (χ1v) is 7.97. The highest BCUT2D eigenvalue weighted by molar-refractivity contribution is 9.10. The lowest BCUT2D eigenvalue weighted by Crippen LogP contribution is -2.47. The van der Waals surface area contributed by atoms with Crippen LogP contribution < -0.4 is 0 Å². The van der Waals surface area contributed by atoms with Crippen LogP contribution in [0.1, 0.15) is 37.3 Å². The largest absolute Gasteiger partial charge is 0.481 e. The minimum atomic E-state index is -0.642. The second-order valence-electron chi connectivity index (χ2n) is 5.84. The van der Waals surface area contributed by atoms with Crippen molar-refractivity contribution in [1.29, 1.82) is 0 Å². The zero-order valence-corrected chi connectivity index (χ0v) is 13.7. The van der Waals surface area contributed by atoms with Gasteiger partial charge in [-0.3, -0.25) is 9.69 Å². The summed E-state index contributed by atoms with van der Waals surface area (Å²) in [6, 6.07) is 6.35. The van der Waals surface area contributed by atoms with E-state index in [0.717, 1.165) is 30.4 Å². The molecule has 1 aliphatic rings. The van der Waals surface area contributed by atoms with Gasteiger partial charge < -0.3 is 5.11 Å². The van der Waals surface area contributed by atoms with Crippen LogP contribution in [0, 0.1) is 12.3 Å². The lowest BCUT2D eigenvalue weighted by atomic mass is 9.77. The number of carbonyl (C=O) groups is 1. The second-order valence-corrected chi connectivity index (χ2v) is 6.69. The zero-order chi connectivity index (χ0) is 14.8. The molecule has 0 radical (unpaired) electrons. The maximum atomic E-state index is 11.6. The molecule has 0 bridgehead atoms. The van der Waals surface area contributed by atoms with Crippen LogP contribution in [-0.4, -0.2) is 29.1 Å². The van der Waals surface area contributed by atoms with Crippen LogP contribution in [0.2, 0.25) is 0 Å². The van der Waals surface area contributed by atoms with E-state index in [1.807, 2.05) is 6.92 Å². The van der Waals surface area contributed by atoms with Gasteiger partial charge in [0.05, 0.1) is 5.41 Å². The molecule has 4 heteroatoms. The van der Waals surface area contributed by atoms with Gasteiger partial charge in [-0.05, 0) is 49.9 Å². The van der Waals surface area contributed by atoms with Crippen LogP contribution in [-0.2, 0) is 11.3 Å². The van der Waals surface area contributed by atoms with Gasteiger partial charge in [-0.25, -0.2) is 0 Å². The van der Waals surface area contributed by atoms with Gasteiger partial charge in [0.1, 0.15) is 0 Å². The van der Waals surface area contributed by atoms with Crippen LogP contribution in [0.5, 0.6) is 0 Å². The average Bonchev–Trinajstić information content (AvgIpc) is 2.43. The highest BCUT2D eigenvalue weighted by Crippen LogP contribution is 2.34. The molecular weight excluding hydrogens is 318 g/mol. The van der Waals surface area contributed by atoms with Crippen molar-refractivity contribution in [3.8, 4) is 0 Å². The Bertz CT molecular complexity index is 503. The number of aryl methyl sites for hydroxylation is 1. The summed E-state index contributed by atoms with van der Waals surface area (Å²) in [6.07, 6.45) is 2.47. The summed E-state index contributed by atoms with van der Waals surface area (Å²) in [5, 5.41) is 9.52. The van der Waals surface area contributed by atoms with E-state index in [9.17, 15) is 9.90 Å². The van der Waals surface area contributed by atoms with Crippen LogP contribution >= 0.6 is 15.9 Å². The molecule has 0 saturated carbocycles. The smallest absolute Gasteiger partial charge is 0.310 e. The normalized spacial score (nSPS) is 23.8. The highest BCUT2D eigenvalue weighted by Gasteiger charge is 2.40. The van der Waals surface area contributed by atoms with E-state index in [1.54, 1.807) is 0 Å². The Balaban J connectivity index is 2.09. The molecule has 110 valence electrons. The van der Waals surface area contributed by atoms with E-state index in [1.165, 1.54) is 11.1 Å². The summed E-state index contributed by atoms with van der Waals surface area (Å²) >= 11 is 3.51. The number of piperidine rings is 1. The number of nitrogens with zero attached hydrogens (tertiary/aromatic N) is 1. The fourth-order valence-corrected chi connectivity index (χ4v) is 3.29. The molecule has 2 rings (SSSR count). The van der Waals surface area contributed by atoms with E-state index < -0.39 is 11.4 Å². The summed E-state index contributed by atoms with van der Waals surface area (Å²) in [6.45, 7) is 6.56. The summed E-state index contributed by atoms with van der Waals surface area (Å²) in [7, 11) is 0. The Hall–Kier alpha value is -0.870. The van der Waals surface area contributed by atoms with Gasteiger partial charge in [-0.1, -0.05) is 35.0 Å². The lowest BCUT2D eigenvalue weighted by molar-refractivity contribution is -0.153. The van der Waals surface area contributed by atoms with Gasteiger partial charge in [0, 0.05) is 17.6 Å².